The van der Waals surface area contributed by atoms with Crippen LogP contribution in [0.4, 0.5) is 0 Å². The fourth-order valence-electron chi connectivity index (χ4n) is 2.60. The number of rotatable bonds is 0. The van der Waals surface area contributed by atoms with Crippen LogP contribution in [0, 0.1) is 0 Å². The molecule has 0 amide bonds. The molecule has 0 radical (unpaired) electrons. The second-order valence-corrected chi connectivity index (χ2v) is 8.14. The summed E-state index contributed by atoms with van der Waals surface area (Å²) in [5.74, 6) is 4.90. The zero-order valence-electron chi connectivity index (χ0n) is 6.94. The summed E-state index contributed by atoms with van der Waals surface area (Å²) in [6, 6.07) is 0. The van der Waals surface area contributed by atoms with Gasteiger partial charge in [-0.15, -0.1) is 0 Å². The molecule has 2 aliphatic heterocycles. The van der Waals surface area contributed by atoms with Gasteiger partial charge in [0.25, 0.3) is 0 Å². The zero-order chi connectivity index (χ0) is 7.03. The minimum atomic E-state index is -0.00463. The Morgan fingerprint density at radius 1 is 1.00 bits per heavy atom. The van der Waals surface area contributed by atoms with E-state index >= 15 is 0 Å². The lowest BCUT2D eigenvalue weighted by Crippen LogP contribution is -2.11. The Hall–Kier alpha value is 0.350. The van der Waals surface area contributed by atoms with Crippen molar-refractivity contribution >= 4 is 10.0 Å². The fraction of sp³-hybridized carbons (Fsp3) is 1.00. The van der Waals surface area contributed by atoms with Crippen LogP contribution in [0.3, 0.4) is 0 Å². The van der Waals surface area contributed by atoms with Crippen molar-refractivity contribution < 1.29 is 0 Å². The van der Waals surface area contributed by atoms with Gasteiger partial charge in [0.1, 0.15) is 0 Å². The van der Waals surface area contributed by atoms with Crippen LogP contribution in [0.15, 0.2) is 0 Å². The predicted octanol–water partition coefficient (Wildman–Crippen LogP) is 2.77. The molecule has 0 unspecified atom stereocenters. The Morgan fingerprint density at radius 2 is 1.60 bits per heavy atom. The summed E-state index contributed by atoms with van der Waals surface area (Å²) in [5.41, 5.74) is 0. The zero-order valence-corrected chi connectivity index (χ0v) is 7.75. The van der Waals surface area contributed by atoms with E-state index < -0.39 is 0 Å². The highest BCUT2D eigenvalue weighted by Gasteiger charge is 2.36. The molecule has 0 N–H and O–H groups in total. The Labute approximate surface area is 65.7 Å². The first-order valence-corrected chi connectivity index (χ1v) is 6.79. The average molecular weight is 158 g/mol. The summed E-state index contributed by atoms with van der Waals surface area (Å²) in [6.45, 7) is 2.51. The summed E-state index contributed by atoms with van der Waals surface area (Å²) < 4.78 is 0. The van der Waals surface area contributed by atoms with Crippen molar-refractivity contribution in [1.82, 2.24) is 0 Å². The lowest BCUT2D eigenvalue weighted by Gasteiger charge is -2.35. The van der Waals surface area contributed by atoms with Crippen molar-refractivity contribution in [3.05, 3.63) is 0 Å². The van der Waals surface area contributed by atoms with Gasteiger partial charge < -0.3 is 0 Å². The van der Waals surface area contributed by atoms with Gasteiger partial charge in [-0.05, 0) is 48.2 Å². The number of hydrogen-bond donors (Lipinski definition) is 0. The van der Waals surface area contributed by atoms with Gasteiger partial charge >= 0.3 is 0 Å². The van der Waals surface area contributed by atoms with Gasteiger partial charge in [-0.2, -0.15) is 0 Å². The van der Waals surface area contributed by atoms with Crippen LogP contribution in [0.25, 0.3) is 0 Å². The van der Waals surface area contributed by atoms with Crippen molar-refractivity contribution in [3.63, 3.8) is 0 Å². The van der Waals surface area contributed by atoms with Crippen LogP contribution in [0.2, 0.25) is 0 Å². The van der Waals surface area contributed by atoms with Crippen molar-refractivity contribution in [3.8, 4) is 0 Å². The maximum atomic E-state index is 2.51. The van der Waals surface area contributed by atoms with Gasteiger partial charge in [-0.25, -0.2) is 10.0 Å². The first-order chi connectivity index (χ1) is 4.83. The van der Waals surface area contributed by atoms with Gasteiger partial charge in [0.05, 0.1) is 0 Å². The second-order valence-electron chi connectivity index (χ2n) is 3.88. The Balaban J connectivity index is 2.11. The van der Waals surface area contributed by atoms with E-state index in [1.54, 1.807) is 42.9 Å². The van der Waals surface area contributed by atoms with E-state index in [0.29, 0.717) is 0 Å². The van der Waals surface area contributed by atoms with Gasteiger partial charge in [-0.1, -0.05) is 6.92 Å². The largest absolute Gasteiger partial charge is 0.238 e. The molecule has 0 aromatic carbocycles. The maximum Gasteiger partial charge on any atom is -0.0140 e. The van der Waals surface area contributed by atoms with Gasteiger partial charge in [-0.3, -0.25) is 0 Å². The minimum absolute atomic E-state index is 0.00463. The fourth-order valence-corrected chi connectivity index (χ4v) is 7.38. The summed E-state index contributed by atoms with van der Waals surface area (Å²) in [6.07, 6.45) is 6.21. The normalized spacial score (nSPS) is 40.7. The smallest absolute Gasteiger partial charge is 0.0140 e. The molecule has 60 valence electrons. The Kier molecular flexibility index (Phi) is 1.71. The third-order valence-electron chi connectivity index (χ3n) is 3.37. The maximum absolute atomic E-state index is 2.51. The summed E-state index contributed by atoms with van der Waals surface area (Å²) in [7, 11) is -0.00463. The third kappa shape index (κ3) is 0.903. The molecule has 1 atom stereocenters. The molecule has 1 heteroatoms. The molecular formula is C9H18S. The van der Waals surface area contributed by atoms with Crippen molar-refractivity contribution in [2.24, 2.45) is 0 Å². The Bertz CT molecular complexity index is 119. The molecule has 0 bridgehead atoms. The lowest BCUT2D eigenvalue weighted by atomic mass is 10.3. The quantitative estimate of drug-likeness (QED) is 0.508. The molecule has 0 nitrogen and oxygen atoms in total. The Morgan fingerprint density at radius 3 is 2.10 bits per heavy atom. The van der Waals surface area contributed by atoms with Crippen molar-refractivity contribution in [2.45, 2.75) is 37.9 Å². The monoisotopic (exact) mass is 158 g/mol. The van der Waals surface area contributed by atoms with Crippen LogP contribution >= 0.6 is 10.0 Å². The SMILES string of the molecule is C[C@@H]1CCCS12CCCC2. The molecular weight excluding hydrogens is 140 g/mol. The van der Waals surface area contributed by atoms with Crippen LogP contribution in [-0.4, -0.2) is 22.5 Å². The van der Waals surface area contributed by atoms with E-state index in [-0.39, 0.29) is 10.0 Å². The molecule has 2 saturated heterocycles. The summed E-state index contributed by atoms with van der Waals surface area (Å²) >= 11 is 0. The lowest BCUT2D eigenvalue weighted by molar-refractivity contribution is 0.835. The third-order valence-corrected chi connectivity index (χ3v) is 8.61. The molecule has 10 heavy (non-hydrogen) atoms. The topological polar surface area (TPSA) is 0 Å². The van der Waals surface area contributed by atoms with Crippen molar-refractivity contribution in [2.75, 3.05) is 17.3 Å². The van der Waals surface area contributed by atoms with E-state index in [1.165, 1.54) is 0 Å². The summed E-state index contributed by atoms with van der Waals surface area (Å²) in [5, 5.41) is 1.13. The standard InChI is InChI=1S/C9H18S/c1-9-5-4-8-10(9)6-2-3-7-10/h9H,2-8H2,1H3/t9-/m1/s1. The van der Waals surface area contributed by atoms with Crippen LogP contribution < -0.4 is 0 Å². The highest BCUT2D eigenvalue weighted by atomic mass is 32.3. The molecule has 0 saturated carbocycles. The highest BCUT2D eigenvalue weighted by molar-refractivity contribution is 8.34. The number of hydrogen-bond acceptors (Lipinski definition) is 0. The van der Waals surface area contributed by atoms with Crippen LogP contribution in [-0.2, 0) is 0 Å². The van der Waals surface area contributed by atoms with E-state index in [0.717, 1.165) is 5.25 Å². The van der Waals surface area contributed by atoms with E-state index in [4.69, 9.17) is 0 Å². The summed E-state index contributed by atoms with van der Waals surface area (Å²) in [4.78, 5) is 0. The molecule has 0 aliphatic carbocycles. The van der Waals surface area contributed by atoms with E-state index in [2.05, 4.69) is 6.92 Å². The van der Waals surface area contributed by atoms with E-state index in [1.807, 2.05) is 0 Å². The van der Waals surface area contributed by atoms with Gasteiger partial charge in [0.15, 0.2) is 0 Å². The van der Waals surface area contributed by atoms with E-state index in [9.17, 15) is 0 Å². The molecule has 2 aliphatic rings. The first-order valence-electron chi connectivity index (χ1n) is 4.59. The molecule has 0 aromatic rings. The van der Waals surface area contributed by atoms with Crippen LogP contribution in [0.5, 0.6) is 0 Å². The molecule has 0 aromatic heterocycles. The van der Waals surface area contributed by atoms with Gasteiger partial charge in [0.2, 0.25) is 0 Å². The molecule has 2 fully saturated rings. The molecule has 1 spiro atoms. The van der Waals surface area contributed by atoms with Crippen molar-refractivity contribution in [1.29, 1.82) is 0 Å². The predicted molar refractivity (Wildman–Crippen MR) is 50.1 cm³/mol. The molecule has 2 rings (SSSR count). The molecule has 2 heterocycles. The minimum Gasteiger partial charge on any atom is -0.238 e. The first kappa shape index (κ1) is 7.02. The average Bonchev–Trinajstić information content (AvgIpc) is 2.48. The van der Waals surface area contributed by atoms with Gasteiger partial charge in [0, 0.05) is 0 Å². The van der Waals surface area contributed by atoms with Crippen LogP contribution in [0.1, 0.15) is 32.6 Å². The second kappa shape index (κ2) is 2.44. The highest BCUT2D eigenvalue weighted by Crippen LogP contribution is 2.62.